The highest BCUT2D eigenvalue weighted by Gasteiger charge is 2.52. The summed E-state index contributed by atoms with van der Waals surface area (Å²) < 4.78 is 26.4. The van der Waals surface area contributed by atoms with Crippen molar-refractivity contribution in [3.8, 4) is 6.07 Å². The Morgan fingerprint density at radius 1 is 0.730 bits per heavy atom. The standard InChI is InChI=1S/C30H30N3O2PSi/c1-32-22-23-33(2)36(32,34)30(26-20-18-25(24-31)19-21-26)35-37(27-12-6-3-7-13-27,28-14-8-4-9-15-28)29-16-10-5-11-17-29/h3-21,30H,22-23H2,1-2H3. The van der Waals surface area contributed by atoms with E-state index in [2.05, 4.69) is 42.5 Å². The van der Waals surface area contributed by atoms with Crippen LogP contribution in [0.1, 0.15) is 17.0 Å². The van der Waals surface area contributed by atoms with Crippen LogP contribution in [0.3, 0.4) is 0 Å². The molecule has 186 valence electrons. The van der Waals surface area contributed by atoms with Crippen molar-refractivity contribution in [2.75, 3.05) is 27.2 Å². The monoisotopic (exact) mass is 523 g/mol. The average molecular weight is 524 g/mol. The maximum Gasteiger partial charge on any atom is 0.289 e. The van der Waals surface area contributed by atoms with E-state index in [-0.39, 0.29) is 0 Å². The predicted molar refractivity (Wildman–Crippen MR) is 152 cm³/mol. The van der Waals surface area contributed by atoms with Crippen molar-refractivity contribution in [1.82, 2.24) is 9.34 Å². The van der Waals surface area contributed by atoms with Crippen LogP contribution in [0.15, 0.2) is 115 Å². The van der Waals surface area contributed by atoms with Gasteiger partial charge in [0.05, 0.1) is 11.6 Å². The van der Waals surface area contributed by atoms with Crippen LogP contribution < -0.4 is 15.6 Å². The van der Waals surface area contributed by atoms with Crippen LogP contribution in [-0.4, -0.2) is 44.8 Å². The van der Waals surface area contributed by atoms with Gasteiger partial charge in [0, 0.05) is 13.1 Å². The molecule has 5 nitrogen and oxygen atoms in total. The minimum absolute atomic E-state index is 0.562. The number of benzene rings is 4. The normalized spacial score (nSPS) is 16.8. The maximum absolute atomic E-state index is 15.0. The first-order valence-electron chi connectivity index (χ1n) is 12.4. The molecule has 0 saturated carbocycles. The lowest BCUT2D eigenvalue weighted by molar-refractivity contribution is 0.262. The van der Waals surface area contributed by atoms with E-state index in [9.17, 15) is 9.83 Å². The molecular formula is C30H30N3O2PSi. The van der Waals surface area contributed by atoms with Crippen LogP contribution >= 0.6 is 7.44 Å². The smallest absolute Gasteiger partial charge is 0.289 e. The van der Waals surface area contributed by atoms with Crippen molar-refractivity contribution in [1.29, 1.82) is 5.26 Å². The molecule has 5 rings (SSSR count). The molecule has 1 fully saturated rings. The lowest BCUT2D eigenvalue weighted by Gasteiger charge is -2.41. The third-order valence-electron chi connectivity index (χ3n) is 7.19. The van der Waals surface area contributed by atoms with Crippen molar-refractivity contribution in [2.24, 2.45) is 0 Å². The predicted octanol–water partition coefficient (Wildman–Crippen LogP) is 4.31. The van der Waals surface area contributed by atoms with E-state index >= 15 is 0 Å². The third kappa shape index (κ3) is 4.51. The molecule has 0 radical (unpaired) electrons. The van der Waals surface area contributed by atoms with Gasteiger partial charge in [0.1, 0.15) is 0 Å². The molecule has 1 saturated heterocycles. The molecule has 4 aromatic carbocycles. The molecule has 37 heavy (non-hydrogen) atoms. The number of nitrogens with zero attached hydrogens (tertiary/aromatic N) is 3. The molecule has 1 unspecified atom stereocenters. The summed E-state index contributed by atoms with van der Waals surface area (Å²) in [4.78, 5) is 0. The summed E-state index contributed by atoms with van der Waals surface area (Å²) in [7, 11) is -2.49. The zero-order valence-corrected chi connectivity index (χ0v) is 23.0. The SMILES string of the molecule is CN1CCN(C)P1(=O)C(O[Si](c1ccccc1)(c1ccccc1)c1ccccc1)c1ccc(C#N)cc1. The van der Waals surface area contributed by atoms with Crippen LogP contribution in [-0.2, 0) is 8.99 Å². The molecule has 0 aliphatic carbocycles. The highest BCUT2D eigenvalue weighted by atomic mass is 31.2. The maximum atomic E-state index is 15.0. The Bertz CT molecular complexity index is 1320. The molecule has 0 amide bonds. The second-order valence-corrected chi connectivity index (χ2v) is 15.7. The summed E-state index contributed by atoms with van der Waals surface area (Å²) >= 11 is 0. The van der Waals surface area contributed by atoms with Crippen LogP contribution in [0.2, 0.25) is 0 Å². The Labute approximate surface area is 220 Å². The Hall–Kier alpha value is -3.30. The van der Waals surface area contributed by atoms with E-state index in [0.717, 1.165) is 21.1 Å². The van der Waals surface area contributed by atoms with E-state index in [4.69, 9.17) is 4.43 Å². The topological polar surface area (TPSA) is 56.6 Å². The summed E-state index contributed by atoms with van der Waals surface area (Å²) in [6.07, 6.45) is 0. The lowest BCUT2D eigenvalue weighted by atomic mass is 10.1. The Balaban J connectivity index is 1.80. The van der Waals surface area contributed by atoms with E-state index in [1.165, 1.54) is 0 Å². The molecule has 1 aliphatic rings. The summed E-state index contributed by atoms with van der Waals surface area (Å²) in [5.41, 5.74) is 1.37. The first kappa shape index (κ1) is 25.4. The van der Waals surface area contributed by atoms with Gasteiger partial charge in [-0.15, -0.1) is 0 Å². The molecule has 7 heteroatoms. The minimum atomic E-state index is -3.17. The first-order chi connectivity index (χ1) is 18.0. The van der Waals surface area contributed by atoms with Gasteiger partial charge in [0.15, 0.2) is 5.85 Å². The Kier molecular flexibility index (Phi) is 7.26. The van der Waals surface area contributed by atoms with Crippen molar-refractivity contribution in [3.05, 3.63) is 126 Å². The van der Waals surface area contributed by atoms with E-state index in [0.29, 0.717) is 18.7 Å². The zero-order chi connectivity index (χ0) is 25.9. The summed E-state index contributed by atoms with van der Waals surface area (Å²) in [5.74, 6) is -0.718. The van der Waals surface area contributed by atoms with Gasteiger partial charge in [0.2, 0.25) is 7.44 Å². The summed E-state index contributed by atoms with van der Waals surface area (Å²) in [6.45, 7) is 1.39. The fourth-order valence-electron chi connectivity index (χ4n) is 5.14. The molecule has 0 bridgehead atoms. The second-order valence-electron chi connectivity index (χ2n) is 9.33. The summed E-state index contributed by atoms with van der Waals surface area (Å²) in [6, 6.07) is 40.6. The van der Waals surface area contributed by atoms with Gasteiger partial charge in [-0.1, -0.05) is 103 Å². The van der Waals surface area contributed by atoms with Crippen molar-refractivity contribution < 1.29 is 8.99 Å². The van der Waals surface area contributed by atoms with Gasteiger partial charge in [-0.05, 0) is 47.4 Å². The van der Waals surface area contributed by atoms with Crippen molar-refractivity contribution >= 4 is 31.3 Å². The van der Waals surface area contributed by atoms with Gasteiger partial charge >= 0.3 is 0 Å². The highest BCUT2D eigenvalue weighted by Crippen LogP contribution is 2.66. The van der Waals surface area contributed by atoms with E-state index in [1.54, 1.807) is 12.1 Å². The lowest BCUT2D eigenvalue weighted by Crippen LogP contribution is -2.69. The van der Waals surface area contributed by atoms with Gasteiger partial charge < -0.3 is 4.43 Å². The largest absolute Gasteiger partial charge is 0.388 e. The molecule has 0 aromatic heterocycles. The van der Waals surface area contributed by atoms with Crippen molar-refractivity contribution in [3.63, 3.8) is 0 Å². The molecule has 4 aromatic rings. The van der Waals surface area contributed by atoms with Crippen LogP contribution in [0, 0.1) is 11.3 Å². The van der Waals surface area contributed by atoms with Gasteiger partial charge in [-0.3, -0.25) is 4.57 Å². The molecule has 0 N–H and O–H groups in total. The van der Waals surface area contributed by atoms with E-state index < -0.39 is 21.6 Å². The van der Waals surface area contributed by atoms with Gasteiger partial charge in [0.25, 0.3) is 8.32 Å². The molecule has 1 aliphatic heterocycles. The van der Waals surface area contributed by atoms with Gasteiger partial charge in [-0.2, -0.15) is 5.26 Å². The zero-order valence-electron chi connectivity index (χ0n) is 21.1. The summed E-state index contributed by atoms with van der Waals surface area (Å²) in [5, 5.41) is 12.7. The molecule has 1 atom stereocenters. The van der Waals surface area contributed by atoms with Gasteiger partial charge in [-0.25, -0.2) is 9.34 Å². The fourth-order valence-corrected chi connectivity index (χ4v) is 12.6. The van der Waals surface area contributed by atoms with E-state index in [1.807, 2.05) is 90.2 Å². The average Bonchev–Trinajstić information content (AvgIpc) is 3.23. The molecule has 1 heterocycles. The first-order valence-corrected chi connectivity index (χ1v) is 16.0. The molecule has 0 spiro atoms. The molecular weight excluding hydrogens is 493 g/mol. The quantitative estimate of drug-likeness (QED) is 0.205. The number of hydrogen-bond acceptors (Lipinski definition) is 3. The number of hydrogen-bond donors (Lipinski definition) is 0. The number of nitriles is 1. The number of rotatable bonds is 7. The minimum Gasteiger partial charge on any atom is -0.388 e. The highest BCUT2D eigenvalue weighted by molar-refractivity contribution is 7.59. The van der Waals surface area contributed by atoms with Crippen molar-refractivity contribution in [2.45, 2.75) is 5.85 Å². The van der Waals surface area contributed by atoms with Crippen LogP contribution in [0.4, 0.5) is 0 Å². The number of likely N-dealkylation sites (N-methyl/N-ethyl adjacent to an activating group) is 2. The third-order valence-corrected chi connectivity index (χ3v) is 14.8. The van der Waals surface area contributed by atoms with Crippen LogP contribution in [0.5, 0.6) is 0 Å². The Morgan fingerprint density at radius 3 is 1.51 bits per heavy atom. The van der Waals surface area contributed by atoms with Crippen LogP contribution in [0.25, 0.3) is 0 Å². The second kappa shape index (κ2) is 10.6. The fraction of sp³-hybridized carbons (Fsp3) is 0.167. The Morgan fingerprint density at radius 2 is 1.14 bits per heavy atom.